The summed E-state index contributed by atoms with van der Waals surface area (Å²) < 4.78 is 0. The maximum absolute atomic E-state index is 12.6. The molecule has 1 unspecified atom stereocenters. The molecular weight excluding hydrogens is 416 g/mol. The van der Waals surface area contributed by atoms with Gasteiger partial charge in [0.25, 0.3) is 0 Å². The minimum Gasteiger partial charge on any atom is -0.326 e. The molecule has 0 radical (unpaired) electrons. The number of thioether (sulfide) groups is 1. The van der Waals surface area contributed by atoms with Crippen LogP contribution in [-0.4, -0.2) is 17.6 Å². The van der Waals surface area contributed by atoms with Crippen molar-refractivity contribution >= 4 is 46.6 Å². The number of hydrogen-bond acceptors (Lipinski definition) is 3. The monoisotopic (exact) mass is 438 g/mol. The van der Waals surface area contributed by atoms with Crippen molar-refractivity contribution in [3.05, 3.63) is 95.0 Å². The van der Waals surface area contributed by atoms with Gasteiger partial charge in [-0.05, 0) is 41.5 Å². The lowest BCUT2D eigenvalue weighted by Gasteiger charge is -2.18. The van der Waals surface area contributed by atoms with Crippen molar-refractivity contribution < 1.29 is 9.59 Å². The summed E-state index contributed by atoms with van der Waals surface area (Å²) in [5.41, 5.74) is 3.53. The molecule has 4 nitrogen and oxygen atoms in total. The van der Waals surface area contributed by atoms with E-state index >= 15 is 0 Å². The number of amides is 2. The van der Waals surface area contributed by atoms with Gasteiger partial charge in [-0.25, -0.2) is 0 Å². The first kappa shape index (κ1) is 21.9. The van der Waals surface area contributed by atoms with E-state index in [9.17, 15) is 9.59 Å². The van der Waals surface area contributed by atoms with Crippen LogP contribution in [0.15, 0.2) is 78.9 Å². The molecular formula is C24H23ClN2O2S. The summed E-state index contributed by atoms with van der Waals surface area (Å²) >= 11 is 7.59. The first-order valence-corrected chi connectivity index (χ1v) is 11.1. The molecule has 1 atom stereocenters. The van der Waals surface area contributed by atoms with Crippen LogP contribution in [0.1, 0.15) is 29.7 Å². The van der Waals surface area contributed by atoms with E-state index in [4.69, 9.17) is 11.6 Å². The normalized spacial score (nSPS) is 11.5. The minimum atomic E-state index is -0.103. The first-order chi connectivity index (χ1) is 14.5. The van der Waals surface area contributed by atoms with E-state index in [2.05, 4.69) is 22.8 Å². The number of halogens is 1. The number of benzene rings is 3. The summed E-state index contributed by atoms with van der Waals surface area (Å²) in [5, 5.41) is 6.41. The SMILES string of the molecule is CCC(=O)Nc1cccc(NC(=O)CSC(c2ccccc2)c2ccc(Cl)cc2)c1. The summed E-state index contributed by atoms with van der Waals surface area (Å²) in [6, 6.07) is 24.9. The average Bonchev–Trinajstić information content (AvgIpc) is 2.76. The lowest BCUT2D eigenvalue weighted by Crippen LogP contribution is -2.16. The standard InChI is InChI=1S/C24H23ClN2O2S/c1-2-22(28)26-20-9-6-10-21(15-20)27-23(29)16-30-24(17-7-4-3-5-8-17)18-11-13-19(25)14-12-18/h3-15,24H,2,16H2,1H3,(H,26,28)(H,27,29). The van der Waals surface area contributed by atoms with Gasteiger partial charge in [-0.3, -0.25) is 9.59 Å². The maximum Gasteiger partial charge on any atom is 0.234 e. The molecule has 0 saturated heterocycles. The Kier molecular flexibility index (Phi) is 7.94. The molecule has 0 saturated carbocycles. The van der Waals surface area contributed by atoms with Gasteiger partial charge in [-0.15, -0.1) is 11.8 Å². The molecule has 0 aromatic heterocycles. The highest BCUT2D eigenvalue weighted by molar-refractivity contribution is 8.00. The maximum atomic E-state index is 12.6. The summed E-state index contributed by atoms with van der Waals surface area (Å²) in [6.07, 6.45) is 0.402. The quantitative estimate of drug-likeness (QED) is 0.443. The molecule has 0 fully saturated rings. The highest BCUT2D eigenvalue weighted by Gasteiger charge is 2.16. The zero-order valence-electron chi connectivity index (χ0n) is 16.6. The number of carbonyl (C=O) groups is 2. The predicted octanol–water partition coefficient (Wildman–Crippen LogP) is 6.15. The van der Waals surface area contributed by atoms with Crippen molar-refractivity contribution in [2.45, 2.75) is 18.6 Å². The van der Waals surface area contributed by atoms with Crippen LogP contribution >= 0.6 is 23.4 Å². The summed E-state index contributed by atoms with van der Waals surface area (Å²) in [5.74, 6) is 0.116. The van der Waals surface area contributed by atoms with Crippen LogP contribution < -0.4 is 10.6 Å². The van der Waals surface area contributed by atoms with Gasteiger partial charge in [0.15, 0.2) is 0 Å². The molecule has 0 spiro atoms. The molecule has 0 aliphatic carbocycles. The van der Waals surface area contributed by atoms with Crippen molar-refractivity contribution in [3.63, 3.8) is 0 Å². The molecule has 0 aliphatic heterocycles. The lowest BCUT2D eigenvalue weighted by atomic mass is 10.0. The second-order valence-electron chi connectivity index (χ2n) is 6.68. The van der Waals surface area contributed by atoms with Gasteiger partial charge in [0.2, 0.25) is 11.8 Å². The van der Waals surface area contributed by atoms with E-state index < -0.39 is 0 Å². The van der Waals surface area contributed by atoms with Crippen molar-refractivity contribution in [1.82, 2.24) is 0 Å². The Balaban J connectivity index is 1.67. The second kappa shape index (κ2) is 10.9. The molecule has 2 N–H and O–H groups in total. The summed E-state index contributed by atoms with van der Waals surface area (Å²) in [4.78, 5) is 24.2. The highest BCUT2D eigenvalue weighted by atomic mass is 35.5. The summed E-state index contributed by atoms with van der Waals surface area (Å²) in [6.45, 7) is 1.79. The number of nitrogens with one attached hydrogen (secondary N) is 2. The van der Waals surface area contributed by atoms with Crippen LogP contribution in [0, 0.1) is 0 Å². The third kappa shape index (κ3) is 6.37. The van der Waals surface area contributed by atoms with E-state index in [0.717, 1.165) is 11.1 Å². The Bertz CT molecular complexity index is 994. The molecule has 3 rings (SSSR count). The molecule has 2 amide bonds. The van der Waals surface area contributed by atoms with E-state index in [1.807, 2.05) is 42.5 Å². The Morgan fingerprint density at radius 2 is 1.43 bits per heavy atom. The Labute approximate surface area is 186 Å². The molecule has 154 valence electrons. The molecule has 3 aromatic rings. The predicted molar refractivity (Wildman–Crippen MR) is 126 cm³/mol. The van der Waals surface area contributed by atoms with Crippen LogP contribution in [0.3, 0.4) is 0 Å². The van der Waals surface area contributed by atoms with Gasteiger partial charge in [0, 0.05) is 22.8 Å². The fraction of sp³-hybridized carbons (Fsp3) is 0.167. The average molecular weight is 439 g/mol. The second-order valence-corrected chi connectivity index (χ2v) is 8.21. The number of hydrogen-bond donors (Lipinski definition) is 2. The van der Waals surface area contributed by atoms with Crippen LogP contribution in [-0.2, 0) is 9.59 Å². The number of anilines is 2. The van der Waals surface area contributed by atoms with E-state index in [0.29, 0.717) is 22.8 Å². The zero-order chi connectivity index (χ0) is 21.3. The zero-order valence-corrected chi connectivity index (χ0v) is 18.2. The van der Waals surface area contributed by atoms with Crippen LogP contribution in [0.4, 0.5) is 11.4 Å². The van der Waals surface area contributed by atoms with E-state index in [-0.39, 0.29) is 22.8 Å². The molecule has 0 aliphatic rings. The van der Waals surface area contributed by atoms with Crippen molar-refractivity contribution in [2.75, 3.05) is 16.4 Å². The Morgan fingerprint density at radius 1 is 0.833 bits per heavy atom. The van der Waals surface area contributed by atoms with Gasteiger partial charge < -0.3 is 10.6 Å². The molecule has 0 heterocycles. The van der Waals surface area contributed by atoms with E-state index in [1.54, 1.807) is 43.0 Å². The fourth-order valence-corrected chi connectivity index (χ4v) is 4.15. The Morgan fingerprint density at radius 3 is 2.07 bits per heavy atom. The van der Waals surface area contributed by atoms with Crippen LogP contribution in [0.25, 0.3) is 0 Å². The largest absolute Gasteiger partial charge is 0.326 e. The highest BCUT2D eigenvalue weighted by Crippen LogP contribution is 2.36. The Hall–Kier alpha value is -2.76. The van der Waals surface area contributed by atoms with Gasteiger partial charge in [-0.2, -0.15) is 0 Å². The van der Waals surface area contributed by atoms with Gasteiger partial charge in [0.05, 0.1) is 11.0 Å². The van der Waals surface area contributed by atoms with Crippen LogP contribution in [0.5, 0.6) is 0 Å². The minimum absolute atomic E-state index is 0.0180. The number of carbonyl (C=O) groups excluding carboxylic acids is 2. The van der Waals surface area contributed by atoms with E-state index in [1.165, 1.54) is 0 Å². The van der Waals surface area contributed by atoms with Gasteiger partial charge >= 0.3 is 0 Å². The smallest absolute Gasteiger partial charge is 0.234 e. The first-order valence-electron chi connectivity index (χ1n) is 9.67. The van der Waals surface area contributed by atoms with Crippen LogP contribution in [0.2, 0.25) is 5.02 Å². The van der Waals surface area contributed by atoms with Crippen molar-refractivity contribution in [2.24, 2.45) is 0 Å². The van der Waals surface area contributed by atoms with Gasteiger partial charge in [-0.1, -0.05) is 67.1 Å². The molecule has 0 bridgehead atoms. The lowest BCUT2D eigenvalue weighted by molar-refractivity contribution is -0.116. The third-order valence-corrected chi connectivity index (χ3v) is 5.97. The topological polar surface area (TPSA) is 58.2 Å². The van der Waals surface area contributed by atoms with Crippen molar-refractivity contribution in [3.8, 4) is 0 Å². The molecule has 3 aromatic carbocycles. The third-order valence-electron chi connectivity index (χ3n) is 4.41. The molecule has 6 heteroatoms. The van der Waals surface area contributed by atoms with Gasteiger partial charge in [0.1, 0.15) is 0 Å². The number of rotatable bonds is 8. The summed E-state index contributed by atoms with van der Waals surface area (Å²) in [7, 11) is 0. The molecule has 30 heavy (non-hydrogen) atoms. The van der Waals surface area contributed by atoms with Crippen molar-refractivity contribution in [1.29, 1.82) is 0 Å². The fourth-order valence-electron chi connectivity index (χ4n) is 2.93.